The van der Waals surface area contributed by atoms with Crippen molar-refractivity contribution >= 4 is 38.6 Å². The highest BCUT2D eigenvalue weighted by molar-refractivity contribution is 7.91. The molecule has 1 aromatic heterocycles. The Kier molecular flexibility index (Phi) is 8.02. The zero-order chi connectivity index (χ0) is 25.7. The highest BCUT2D eigenvalue weighted by atomic mass is 32.2. The van der Waals surface area contributed by atoms with Crippen molar-refractivity contribution in [2.45, 2.75) is 43.0 Å². The number of carbonyl (C=O) groups excluding carboxylic acids is 1. The van der Waals surface area contributed by atoms with E-state index in [1.807, 2.05) is 12.1 Å². The first-order valence-electron chi connectivity index (χ1n) is 11.7. The Morgan fingerprint density at radius 2 is 1.86 bits per heavy atom. The minimum Gasteiger partial charge on any atom is -0.382 e. The Bertz CT molecular complexity index is 1350. The van der Waals surface area contributed by atoms with Gasteiger partial charge in [-0.2, -0.15) is 4.31 Å². The van der Waals surface area contributed by atoms with Crippen LogP contribution in [0.5, 0.6) is 0 Å². The lowest BCUT2D eigenvalue weighted by Crippen LogP contribution is -2.42. The van der Waals surface area contributed by atoms with E-state index in [1.165, 1.54) is 34.1 Å². The van der Waals surface area contributed by atoms with E-state index in [9.17, 15) is 23.3 Å². The number of non-ortho nitro benzene ring substituents is 1. The number of rotatable bonds is 9. The predicted molar refractivity (Wildman–Crippen MR) is 140 cm³/mol. The lowest BCUT2D eigenvalue weighted by Gasteiger charge is -2.31. The third-order valence-corrected chi connectivity index (χ3v) is 9.58. The van der Waals surface area contributed by atoms with Crippen LogP contribution in [0.25, 0.3) is 0 Å². The van der Waals surface area contributed by atoms with Crippen molar-refractivity contribution in [3.63, 3.8) is 0 Å². The van der Waals surface area contributed by atoms with Gasteiger partial charge in [-0.3, -0.25) is 14.9 Å². The van der Waals surface area contributed by atoms with Crippen LogP contribution in [-0.4, -0.2) is 42.7 Å². The van der Waals surface area contributed by atoms with Crippen molar-refractivity contribution in [2.75, 3.05) is 18.4 Å². The molecule has 2 heterocycles. The predicted octanol–water partition coefficient (Wildman–Crippen LogP) is 4.41. The molecule has 1 aliphatic heterocycles. The van der Waals surface area contributed by atoms with Crippen molar-refractivity contribution in [1.82, 2.24) is 9.62 Å². The molecule has 1 saturated heterocycles. The minimum absolute atomic E-state index is 0.129. The molecule has 0 bridgehead atoms. The van der Waals surface area contributed by atoms with Gasteiger partial charge in [0.05, 0.1) is 11.5 Å². The summed E-state index contributed by atoms with van der Waals surface area (Å²) in [6.07, 6.45) is 2.40. The average Bonchev–Trinajstić information content (AvgIpc) is 3.38. The van der Waals surface area contributed by atoms with Crippen LogP contribution in [0.2, 0.25) is 0 Å². The lowest BCUT2D eigenvalue weighted by molar-refractivity contribution is -0.384. The van der Waals surface area contributed by atoms with Gasteiger partial charge in [-0.05, 0) is 55.2 Å². The topological polar surface area (TPSA) is 122 Å². The number of piperidine rings is 1. The van der Waals surface area contributed by atoms with E-state index >= 15 is 0 Å². The first-order chi connectivity index (χ1) is 17.3. The van der Waals surface area contributed by atoms with Gasteiger partial charge in [0, 0.05) is 47.4 Å². The maximum absolute atomic E-state index is 13.2. The van der Waals surface area contributed by atoms with E-state index in [-0.39, 0.29) is 28.0 Å². The molecule has 2 aromatic carbocycles. The molecule has 11 heteroatoms. The van der Waals surface area contributed by atoms with E-state index in [0.717, 1.165) is 23.4 Å². The second kappa shape index (κ2) is 11.2. The third kappa shape index (κ3) is 6.10. The fraction of sp³-hybridized carbons (Fsp3) is 0.320. The van der Waals surface area contributed by atoms with E-state index in [2.05, 4.69) is 29.7 Å². The Morgan fingerprint density at radius 1 is 1.11 bits per heavy atom. The maximum atomic E-state index is 13.2. The molecule has 4 rings (SSSR count). The number of benzene rings is 2. The SMILES string of the molecule is CCc1cccc(NC2CCN(S(=O)(=O)c3ccc(CNC(=O)c4cccc([N+](=O)[O-])c4)s3)CC2)c1. The van der Waals surface area contributed by atoms with E-state index in [0.29, 0.717) is 30.8 Å². The van der Waals surface area contributed by atoms with Crippen LogP contribution in [-0.2, 0) is 23.0 Å². The van der Waals surface area contributed by atoms with Crippen molar-refractivity contribution in [1.29, 1.82) is 0 Å². The summed E-state index contributed by atoms with van der Waals surface area (Å²) < 4.78 is 28.1. The molecule has 9 nitrogen and oxygen atoms in total. The summed E-state index contributed by atoms with van der Waals surface area (Å²) >= 11 is 1.12. The number of hydrogen-bond acceptors (Lipinski definition) is 7. The molecule has 0 radical (unpaired) electrons. The summed E-state index contributed by atoms with van der Waals surface area (Å²) in [6.45, 7) is 3.11. The molecule has 0 aliphatic carbocycles. The number of sulfonamides is 1. The zero-order valence-electron chi connectivity index (χ0n) is 19.8. The highest BCUT2D eigenvalue weighted by Crippen LogP contribution is 2.28. The first kappa shape index (κ1) is 25.8. The van der Waals surface area contributed by atoms with Crippen LogP contribution in [0.15, 0.2) is 64.9 Å². The second-order valence-electron chi connectivity index (χ2n) is 8.59. The Hall–Kier alpha value is -3.28. The molecule has 1 amide bonds. The Morgan fingerprint density at radius 3 is 2.58 bits per heavy atom. The number of amides is 1. The molecule has 2 N–H and O–H groups in total. The van der Waals surface area contributed by atoms with Crippen LogP contribution >= 0.6 is 11.3 Å². The summed E-state index contributed by atoms with van der Waals surface area (Å²) in [7, 11) is -3.62. The number of thiophene rings is 1. The quantitative estimate of drug-likeness (QED) is 0.313. The largest absolute Gasteiger partial charge is 0.382 e. The van der Waals surface area contributed by atoms with Gasteiger partial charge in [0.2, 0.25) is 0 Å². The molecule has 1 fully saturated rings. The molecular formula is C25H28N4O5S2. The average molecular weight is 529 g/mol. The molecular weight excluding hydrogens is 500 g/mol. The number of nitrogens with one attached hydrogen (secondary N) is 2. The number of hydrogen-bond donors (Lipinski definition) is 2. The van der Waals surface area contributed by atoms with Gasteiger partial charge in [-0.25, -0.2) is 8.42 Å². The van der Waals surface area contributed by atoms with Gasteiger partial charge < -0.3 is 10.6 Å². The fourth-order valence-corrected chi connectivity index (χ4v) is 7.03. The molecule has 0 saturated carbocycles. The van der Waals surface area contributed by atoms with Crippen LogP contribution in [0.1, 0.15) is 40.6 Å². The second-order valence-corrected chi connectivity index (χ2v) is 11.9. The summed E-state index contributed by atoms with van der Waals surface area (Å²) in [4.78, 5) is 23.4. The number of nitro benzene ring substituents is 1. The van der Waals surface area contributed by atoms with Crippen LogP contribution in [0.4, 0.5) is 11.4 Å². The summed E-state index contributed by atoms with van der Waals surface area (Å²) in [5, 5.41) is 17.1. The smallest absolute Gasteiger partial charge is 0.270 e. The zero-order valence-corrected chi connectivity index (χ0v) is 21.5. The van der Waals surface area contributed by atoms with E-state index in [4.69, 9.17) is 0 Å². The molecule has 0 atom stereocenters. The van der Waals surface area contributed by atoms with E-state index < -0.39 is 20.9 Å². The lowest BCUT2D eigenvalue weighted by atomic mass is 10.1. The van der Waals surface area contributed by atoms with Gasteiger partial charge in [-0.1, -0.05) is 25.1 Å². The number of anilines is 1. The molecule has 36 heavy (non-hydrogen) atoms. The Balaban J connectivity index is 1.32. The van der Waals surface area contributed by atoms with Gasteiger partial charge >= 0.3 is 0 Å². The fourth-order valence-electron chi connectivity index (χ4n) is 4.11. The van der Waals surface area contributed by atoms with Crippen LogP contribution in [0.3, 0.4) is 0 Å². The van der Waals surface area contributed by atoms with Gasteiger partial charge in [0.25, 0.3) is 21.6 Å². The standard InChI is InChI=1S/C25H28N4O5S2/c1-2-18-5-3-7-21(15-18)27-20-11-13-28(14-12-20)36(33,34)24-10-9-23(35-24)17-26-25(30)19-6-4-8-22(16-19)29(31)32/h3-10,15-16,20,27H,2,11-14,17H2,1H3,(H,26,30). The van der Waals surface area contributed by atoms with E-state index in [1.54, 1.807) is 12.1 Å². The summed E-state index contributed by atoms with van der Waals surface area (Å²) in [6, 6.07) is 17.2. The first-order valence-corrected chi connectivity index (χ1v) is 14.0. The monoisotopic (exact) mass is 528 g/mol. The number of nitro groups is 1. The van der Waals surface area contributed by atoms with Crippen molar-refractivity contribution in [3.8, 4) is 0 Å². The van der Waals surface area contributed by atoms with Crippen LogP contribution < -0.4 is 10.6 Å². The summed E-state index contributed by atoms with van der Waals surface area (Å²) in [5.41, 5.74) is 2.33. The molecule has 3 aromatic rings. The number of aryl methyl sites for hydroxylation is 1. The van der Waals surface area contributed by atoms with Crippen molar-refractivity contribution in [2.24, 2.45) is 0 Å². The summed E-state index contributed by atoms with van der Waals surface area (Å²) in [5.74, 6) is -0.462. The normalized spacial score (nSPS) is 14.9. The molecule has 0 spiro atoms. The van der Waals surface area contributed by atoms with Gasteiger partial charge in [0.15, 0.2) is 0 Å². The molecule has 0 unspecified atom stereocenters. The highest BCUT2D eigenvalue weighted by Gasteiger charge is 2.30. The maximum Gasteiger partial charge on any atom is 0.270 e. The van der Waals surface area contributed by atoms with Gasteiger partial charge in [0.1, 0.15) is 4.21 Å². The van der Waals surface area contributed by atoms with Crippen molar-refractivity contribution in [3.05, 3.63) is 86.8 Å². The third-order valence-electron chi connectivity index (χ3n) is 6.13. The number of carbonyl (C=O) groups is 1. The Labute approximate surface area is 214 Å². The molecule has 1 aliphatic rings. The number of nitrogens with zero attached hydrogens (tertiary/aromatic N) is 2. The van der Waals surface area contributed by atoms with Gasteiger partial charge in [-0.15, -0.1) is 11.3 Å². The van der Waals surface area contributed by atoms with Crippen LogP contribution in [0, 0.1) is 10.1 Å². The molecule has 190 valence electrons. The van der Waals surface area contributed by atoms with Crippen molar-refractivity contribution < 1.29 is 18.1 Å². The minimum atomic E-state index is -3.62.